The molecule has 0 bridgehead atoms. The molecule has 0 unspecified atom stereocenters. The van der Waals surface area contributed by atoms with Gasteiger partial charge in [-0.3, -0.25) is 9.67 Å². The first-order valence-electron chi connectivity index (χ1n) is 9.31. The van der Waals surface area contributed by atoms with Gasteiger partial charge in [0.05, 0.1) is 18.3 Å². The molecule has 1 fully saturated rings. The third kappa shape index (κ3) is 6.14. The zero-order valence-electron chi connectivity index (χ0n) is 16.4. The Morgan fingerprint density at radius 2 is 1.96 bits per heavy atom. The van der Waals surface area contributed by atoms with Crippen molar-refractivity contribution in [2.45, 2.75) is 56.6 Å². The molecule has 1 aliphatic carbocycles. The van der Waals surface area contributed by atoms with Gasteiger partial charge in [0.15, 0.2) is 5.96 Å². The van der Waals surface area contributed by atoms with Gasteiger partial charge in [-0.2, -0.15) is 5.10 Å². The zero-order valence-corrected chi connectivity index (χ0v) is 19.5. The lowest BCUT2D eigenvalue weighted by molar-refractivity contribution is 0.462. The van der Waals surface area contributed by atoms with Crippen LogP contribution >= 0.6 is 35.7 Å². The summed E-state index contributed by atoms with van der Waals surface area (Å²) in [5.41, 5.74) is 3.63. The molecule has 2 N–H and O–H groups in total. The molecular formula is C20H30IN5S. The summed E-state index contributed by atoms with van der Waals surface area (Å²) >= 11 is 1.78. The minimum absolute atomic E-state index is 0. The minimum Gasteiger partial charge on any atom is -0.352 e. The van der Waals surface area contributed by atoms with Crippen molar-refractivity contribution >= 4 is 41.7 Å². The third-order valence-electron chi connectivity index (χ3n) is 4.91. The van der Waals surface area contributed by atoms with Crippen molar-refractivity contribution in [2.75, 3.05) is 13.3 Å². The van der Waals surface area contributed by atoms with Crippen LogP contribution in [0.4, 0.5) is 0 Å². The van der Waals surface area contributed by atoms with Gasteiger partial charge >= 0.3 is 0 Å². The molecule has 148 valence electrons. The molecule has 0 saturated heterocycles. The van der Waals surface area contributed by atoms with Crippen LogP contribution in [0.3, 0.4) is 0 Å². The number of hydrogen-bond acceptors (Lipinski definition) is 3. The van der Waals surface area contributed by atoms with Crippen LogP contribution in [0.25, 0.3) is 0 Å². The molecule has 0 aliphatic heterocycles. The number of guanidine groups is 1. The van der Waals surface area contributed by atoms with Crippen molar-refractivity contribution in [2.24, 2.45) is 4.99 Å². The molecule has 7 heteroatoms. The average Bonchev–Trinajstić information content (AvgIpc) is 3.34. The molecular weight excluding hydrogens is 469 g/mol. The van der Waals surface area contributed by atoms with E-state index >= 15 is 0 Å². The van der Waals surface area contributed by atoms with Gasteiger partial charge in [-0.05, 0) is 49.3 Å². The van der Waals surface area contributed by atoms with Crippen molar-refractivity contribution in [3.05, 3.63) is 47.3 Å². The summed E-state index contributed by atoms with van der Waals surface area (Å²) in [7, 11) is 1.80. The van der Waals surface area contributed by atoms with Crippen LogP contribution in [-0.2, 0) is 13.1 Å². The topological polar surface area (TPSA) is 54.2 Å². The molecule has 0 atom stereocenters. The van der Waals surface area contributed by atoms with E-state index in [0.717, 1.165) is 18.2 Å². The lowest BCUT2D eigenvalue weighted by Gasteiger charge is -2.13. The maximum atomic E-state index is 4.72. The zero-order chi connectivity index (χ0) is 18.4. The highest BCUT2D eigenvalue weighted by Crippen LogP contribution is 2.28. The van der Waals surface area contributed by atoms with E-state index in [1.165, 1.54) is 41.7 Å². The van der Waals surface area contributed by atoms with Crippen molar-refractivity contribution in [1.29, 1.82) is 0 Å². The number of hydrogen-bond donors (Lipinski definition) is 2. The van der Waals surface area contributed by atoms with Crippen molar-refractivity contribution in [3.8, 4) is 0 Å². The van der Waals surface area contributed by atoms with Gasteiger partial charge in [-0.25, -0.2) is 0 Å². The molecule has 0 radical (unpaired) electrons. The van der Waals surface area contributed by atoms with E-state index in [1.807, 2.05) is 0 Å². The lowest BCUT2D eigenvalue weighted by atomic mass is 10.1. The molecule has 2 aromatic rings. The smallest absolute Gasteiger partial charge is 0.191 e. The SMILES string of the molecule is CN=C(NCc1ccn(C2CCCC2)n1)NCc1ccc(C)cc1SC.I. The Bertz CT molecular complexity index is 753. The lowest BCUT2D eigenvalue weighted by Crippen LogP contribution is -2.36. The third-order valence-corrected chi connectivity index (χ3v) is 5.73. The molecule has 1 aromatic carbocycles. The molecule has 1 aliphatic rings. The van der Waals surface area contributed by atoms with E-state index in [-0.39, 0.29) is 24.0 Å². The first kappa shape index (κ1) is 22.1. The Kier molecular flexibility index (Phi) is 8.95. The Hall–Kier alpha value is -1.22. The van der Waals surface area contributed by atoms with E-state index in [0.29, 0.717) is 12.6 Å². The van der Waals surface area contributed by atoms with Crippen molar-refractivity contribution < 1.29 is 0 Å². The van der Waals surface area contributed by atoms with Gasteiger partial charge in [0.2, 0.25) is 0 Å². The van der Waals surface area contributed by atoms with Gasteiger partial charge in [0, 0.05) is 24.7 Å². The summed E-state index contributed by atoms with van der Waals surface area (Å²) in [6, 6.07) is 9.26. The summed E-state index contributed by atoms with van der Waals surface area (Å²) in [5.74, 6) is 0.799. The Balaban J connectivity index is 0.00000261. The first-order valence-corrected chi connectivity index (χ1v) is 10.5. The summed E-state index contributed by atoms with van der Waals surface area (Å²) < 4.78 is 2.14. The second kappa shape index (κ2) is 10.9. The van der Waals surface area contributed by atoms with Gasteiger partial charge < -0.3 is 10.6 Å². The van der Waals surface area contributed by atoms with Gasteiger partial charge in [0.25, 0.3) is 0 Å². The Morgan fingerprint density at radius 1 is 1.22 bits per heavy atom. The Morgan fingerprint density at radius 3 is 2.67 bits per heavy atom. The quantitative estimate of drug-likeness (QED) is 0.266. The molecule has 1 heterocycles. The van der Waals surface area contributed by atoms with Crippen molar-refractivity contribution in [3.63, 3.8) is 0 Å². The normalized spacial score (nSPS) is 14.9. The first-order chi connectivity index (χ1) is 12.7. The largest absolute Gasteiger partial charge is 0.352 e. The van der Waals surface area contributed by atoms with Crippen LogP contribution in [0.2, 0.25) is 0 Å². The number of thioether (sulfide) groups is 1. The predicted octanol–water partition coefficient (Wildman–Crippen LogP) is 4.51. The van der Waals surface area contributed by atoms with Crippen molar-refractivity contribution in [1.82, 2.24) is 20.4 Å². The summed E-state index contributed by atoms with van der Waals surface area (Å²) in [5, 5.41) is 11.5. The summed E-state index contributed by atoms with van der Waals surface area (Å²) in [4.78, 5) is 5.64. The van der Waals surface area contributed by atoms with Crippen LogP contribution in [0.15, 0.2) is 40.4 Å². The number of aryl methyl sites for hydroxylation is 1. The van der Waals surface area contributed by atoms with Gasteiger partial charge in [0.1, 0.15) is 0 Å². The number of rotatable bonds is 6. The molecule has 0 amide bonds. The highest BCUT2D eigenvalue weighted by molar-refractivity contribution is 14.0. The van der Waals surface area contributed by atoms with Crippen LogP contribution in [0, 0.1) is 6.92 Å². The fourth-order valence-corrected chi connectivity index (χ4v) is 4.12. The molecule has 1 saturated carbocycles. The molecule has 3 rings (SSSR count). The summed E-state index contributed by atoms with van der Waals surface area (Å²) in [6.45, 7) is 3.57. The van der Waals surface area contributed by atoms with Gasteiger partial charge in [-0.15, -0.1) is 35.7 Å². The molecule has 1 aromatic heterocycles. The van der Waals surface area contributed by atoms with Gasteiger partial charge in [-0.1, -0.05) is 25.0 Å². The molecule has 5 nitrogen and oxygen atoms in total. The highest BCUT2D eigenvalue weighted by atomic mass is 127. The summed E-state index contributed by atoms with van der Waals surface area (Å²) in [6.07, 6.45) is 9.39. The average molecular weight is 499 g/mol. The minimum atomic E-state index is 0. The molecule has 27 heavy (non-hydrogen) atoms. The highest BCUT2D eigenvalue weighted by Gasteiger charge is 2.17. The maximum absolute atomic E-state index is 4.72. The standard InChI is InChI=1S/C20H29N5S.HI/c1-15-8-9-16(19(12-15)26-3)13-22-20(21-2)23-14-17-10-11-25(24-17)18-6-4-5-7-18;/h8-12,18H,4-7,13-14H2,1-3H3,(H2,21,22,23);1H. The van der Waals surface area contributed by atoms with E-state index in [1.54, 1.807) is 18.8 Å². The number of nitrogens with zero attached hydrogens (tertiary/aromatic N) is 3. The number of halogens is 1. The second-order valence-corrected chi connectivity index (χ2v) is 7.67. The fraction of sp³-hybridized carbons (Fsp3) is 0.500. The van der Waals surface area contributed by atoms with Crippen LogP contribution in [0.5, 0.6) is 0 Å². The number of aromatic nitrogens is 2. The van der Waals surface area contributed by atoms with E-state index < -0.39 is 0 Å². The number of benzene rings is 1. The monoisotopic (exact) mass is 499 g/mol. The van der Waals surface area contributed by atoms with E-state index in [2.05, 4.69) is 63.9 Å². The van der Waals surface area contributed by atoms with E-state index in [9.17, 15) is 0 Å². The van der Waals surface area contributed by atoms with E-state index in [4.69, 9.17) is 5.10 Å². The maximum Gasteiger partial charge on any atom is 0.191 e. The fourth-order valence-electron chi connectivity index (χ4n) is 3.42. The predicted molar refractivity (Wildman–Crippen MR) is 125 cm³/mol. The second-order valence-electron chi connectivity index (χ2n) is 6.82. The number of aliphatic imine (C=N–C) groups is 1. The van der Waals surface area contributed by atoms with Crippen LogP contribution < -0.4 is 10.6 Å². The molecule has 0 spiro atoms. The van der Waals surface area contributed by atoms with Crippen LogP contribution in [0.1, 0.15) is 48.5 Å². The van der Waals surface area contributed by atoms with Crippen LogP contribution in [-0.4, -0.2) is 29.0 Å². The Labute approximate surface area is 183 Å². The number of nitrogens with one attached hydrogen (secondary N) is 2.